The summed E-state index contributed by atoms with van der Waals surface area (Å²) in [6.07, 6.45) is 1.21. The normalized spacial score (nSPS) is 22.0. The number of benzene rings is 1. The van der Waals surface area contributed by atoms with E-state index in [-0.39, 0.29) is 5.82 Å². The first-order valence-corrected chi connectivity index (χ1v) is 5.18. The van der Waals surface area contributed by atoms with Gasteiger partial charge in [-0.15, -0.1) is 11.8 Å². The van der Waals surface area contributed by atoms with Gasteiger partial charge in [0.25, 0.3) is 0 Å². The molecule has 0 aromatic heterocycles. The van der Waals surface area contributed by atoms with Crippen LogP contribution in [0.2, 0.25) is 0 Å². The van der Waals surface area contributed by atoms with Gasteiger partial charge in [-0.25, -0.2) is 4.39 Å². The molecule has 0 saturated heterocycles. The minimum atomic E-state index is -0.115. The van der Waals surface area contributed by atoms with Gasteiger partial charge in [0.2, 0.25) is 0 Å². The molecule has 0 amide bonds. The molecule has 1 unspecified atom stereocenters. The molecule has 64 valence electrons. The lowest BCUT2D eigenvalue weighted by Crippen LogP contribution is -2.03. The number of rotatable bonds is 0. The van der Waals surface area contributed by atoms with Crippen molar-refractivity contribution >= 4 is 11.8 Å². The minimum absolute atomic E-state index is 0.115. The Kier molecular flexibility index (Phi) is 2.09. The quantitative estimate of drug-likeness (QED) is 0.592. The fourth-order valence-corrected chi connectivity index (χ4v) is 2.86. The summed E-state index contributed by atoms with van der Waals surface area (Å²) in [5, 5.41) is 0. The molecule has 0 spiro atoms. The van der Waals surface area contributed by atoms with Crippen molar-refractivity contribution < 1.29 is 4.39 Å². The Balaban J connectivity index is 2.46. The van der Waals surface area contributed by atoms with Crippen molar-refractivity contribution in [1.29, 1.82) is 0 Å². The monoisotopic (exact) mass is 182 g/mol. The number of thioether (sulfide) groups is 1. The largest absolute Gasteiger partial charge is 0.207 e. The topological polar surface area (TPSA) is 0 Å². The predicted octanol–water partition coefficient (Wildman–Crippen LogP) is 3.43. The number of halogens is 1. The summed E-state index contributed by atoms with van der Waals surface area (Å²) in [6, 6.07) is 5.12. The smallest absolute Gasteiger partial charge is 0.124 e. The number of hydrogen-bond donors (Lipinski definition) is 0. The third-order valence-corrected chi connectivity index (χ3v) is 3.42. The first kappa shape index (κ1) is 8.11. The molecule has 1 aromatic rings. The molecular formula is C10H11FS. The maximum absolute atomic E-state index is 12.8. The van der Waals surface area contributed by atoms with Gasteiger partial charge >= 0.3 is 0 Å². The first-order chi connectivity index (χ1) is 5.77. The summed E-state index contributed by atoms with van der Waals surface area (Å²) in [5.74, 6) is 1.61. The summed E-state index contributed by atoms with van der Waals surface area (Å²) in [7, 11) is 0. The maximum atomic E-state index is 12.8. The van der Waals surface area contributed by atoms with Crippen LogP contribution in [-0.4, -0.2) is 5.75 Å². The average molecular weight is 182 g/mol. The van der Waals surface area contributed by atoms with Gasteiger partial charge in [-0.05, 0) is 35.8 Å². The van der Waals surface area contributed by atoms with Gasteiger partial charge in [0.15, 0.2) is 0 Å². The van der Waals surface area contributed by atoms with Crippen LogP contribution in [0.4, 0.5) is 4.39 Å². The second-order valence-electron chi connectivity index (χ2n) is 3.22. The fraction of sp³-hybridized carbons (Fsp3) is 0.400. The van der Waals surface area contributed by atoms with Crippen molar-refractivity contribution in [2.75, 3.05) is 5.75 Å². The van der Waals surface area contributed by atoms with E-state index in [0.717, 1.165) is 10.6 Å². The summed E-state index contributed by atoms with van der Waals surface area (Å²) in [6.45, 7) is 2.20. The molecule has 2 heteroatoms. The van der Waals surface area contributed by atoms with Crippen molar-refractivity contribution in [2.24, 2.45) is 0 Å². The predicted molar refractivity (Wildman–Crippen MR) is 50.2 cm³/mol. The fourth-order valence-electron chi connectivity index (χ4n) is 1.54. The Bertz CT molecular complexity index is 296. The Labute approximate surface area is 76.2 Å². The summed E-state index contributed by atoms with van der Waals surface area (Å²) < 4.78 is 12.8. The Morgan fingerprint density at radius 3 is 3.17 bits per heavy atom. The molecule has 12 heavy (non-hydrogen) atoms. The van der Waals surface area contributed by atoms with Gasteiger partial charge in [-0.1, -0.05) is 13.0 Å². The minimum Gasteiger partial charge on any atom is -0.207 e. The standard InChI is InChI=1S/C10H11FS/c1-7-4-5-12-10-6-8(11)2-3-9(7)10/h2-3,6-7H,4-5H2,1H3. The van der Waals surface area contributed by atoms with Crippen molar-refractivity contribution in [2.45, 2.75) is 24.2 Å². The Morgan fingerprint density at radius 2 is 2.33 bits per heavy atom. The van der Waals surface area contributed by atoms with E-state index in [1.54, 1.807) is 23.9 Å². The van der Waals surface area contributed by atoms with E-state index >= 15 is 0 Å². The van der Waals surface area contributed by atoms with Crippen LogP contribution in [0.1, 0.15) is 24.8 Å². The second-order valence-corrected chi connectivity index (χ2v) is 4.36. The van der Waals surface area contributed by atoms with Gasteiger partial charge < -0.3 is 0 Å². The molecule has 0 nitrogen and oxygen atoms in total. The Hall–Kier alpha value is -0.500. The van der Waals surface area contributed by atoms with Crippen LogP contribution in [0.3, 0.4) is 0 Å². The summed E-state index contributed by atoms with van der Waals surface area (Å²) >= 11 is 1.77. The average Bonchev–Trinajstić information content (AvgIpc) is 2.04. The lowest BCUT2D eigenvalue weighted by Gasteiger charge is -2.21. The molecule has 0 N–H and O–H groups in total. The summed E-state index contributed by atoms with van der Waals surface area (Å²) in [5.41, 5.74) is 1.31. The lowest BCUT2D eigenvalue weighted by atomic mass is 9.98. The molecule has 0 fully saturated rings. The number of hydrogen-bond acceptors (Lipinski definition) is 1. The number of fused-ring (bicyclic) bond motifs is 1. The van der Waals surface area contributed by atoms with Crippen LogP contribution in [0.15, 0.2) is 23.1 Å². The van der Waals surface area contributed by atoms with Crippen LogP contribution in [-0.2, 0) is 0 Å². The van der Waals surface area contributed by atoms with Crippen molar-refractivity contribution in [1.82, 2.24) is 0 Å². The Morgan fingerprint density at radius 1 is 1.50 bits per heavy atom. The van der Waals surface area contributed by atoms with Gasteiger partial charge in [0.1, 0.15) is 5.82 Å². The van der Waals surface area contributed by atoms with Gasteiger partial charge in [-0.3, -0.25) is 0 Å². The highest BCUT2D eigenvalue weighted by Gasteiger charge is 2.16. The molecule has 0 saturated carbocycles. The molecular weight excluding hydrogens is 171 g/mol. The van der Waals surface area contributed by atoms with Crippen molar-refractivity contribution in [3.8, 4) is 0 Å². The SMILES string of the molecule is CC1CCSc2cc(F)ccc21. The second kappa shape index (κ2) is 3.09. The van der Waals surface area contributed by atoms with Crippen LogP contribution in [0, 0.1) is 5.82 Å². The molecule has 0 bridgehead atoms. The van der Waals surface area contributed by atoms with Gasteiger partial charge in [0.05, 0.1) is 0 Å². The van der Waals surface area contributed by atoms with E-state index in [1.165, 1.54) is 12.0 Å². The molecule has 0 radical (unpaired) electrons. The van der Waals surface area contributed by atoms with Crippen LogP contribution >= 0.6 is 11.8 Å². The van der Waals surface area contributed by atoms with Crippen molar-refractivity contribution in [3.63, 3.8) is 0 Å². The van der Waals surface area contributed by atoms with Crippen molar-refractivity contribution in [3.05, 3.63) is 29.6 Å². The molecule has 1 aromatic carbocycles. The molecule has 1 heterocycles. The van der Waals surface area contributed by atoms with Gasteiger partial charge in [0, 0.05) is 4.90 Å². The lowest BCUT2D eigenvalue weighted by molar-refractivity contribution is 0.617. The first-order valence-electron chi connectivity index (χ1n) is 4.19. The third-order valence-electron chi connectivity index (χ3n) is 2.31. The molecule has 1 aliphatic heterocycles. The van der Waals surface area contributed by atoms with E-state index in [0.29, 0.717) is 5.92 Å². The third kappa shape index (κ3) is 1.36. The van der Waals surface area contributed by atoms with Gasteiger partial charge in [-0.2, -0.15) is 0 Å². The highest BCUT2D eigenvalue weighted by Crippen LogP contribution is 2.37. The maximum Gasteiger partial charge on any atom is 0.124 e. The van der Waals surface area contributed by atoms with E-state index < -0.39 is 0 Å². The van der Waals surface area contributed by atoms with E-state index in [2.05, 4.69) is 6.92 Å². The van der Waals surface area contributed by atoms with E-state index in [1.807, 2.05) is 6.07 Å². The molecule has 0 aliphatic carbocycles. The van der Waals surface area contributed by atoms with Crippen LogP contribution in [0.5, 0.6) is 0 Å². The van der Waals surface area contributed by atoms with Crippen LogP contribution in [0.25, 0.3) is 0 Å². The zero-order chi connectivity index (χ0) is 8.55. The molecule has 1 atom stereocenters. The van der Waals surface area contributed by atoms with E-state index in [9.17, 15) is 4.39 Å². The zero-order valence-electron chi connectivity index (χ0n) is 7.01. The molecule has 1 aliphatic rings. The van der Waals surface area contributed by atoms with Crippen LogP contribution < -0.4 is 0 Å². The highest BCUT2D eigenvalue weighted by molar-refractivity contribution is 7.99. The highest BCUT2D eigenvalue weighted by atomic mass is 32.2. The summed E-state index contributed by atoms with van der Waals surface area (Å²) in [4.78, 5) is 1.13. The molecule has 2 rings (SSSR count). The zero-order valence-corrected chi connectivity index (χ0v) is 7.83. The van der Waals surface area contributed by atoms with E-state index in [4.69, 9.17) is 0 Å².